The number of nitrogens with zero attached hydrogens (tertiary/aromatic N) is 2. The molecule has 32 heavy (non-hydrogen) atoms. The SMILES string of the molecule is O=C(NN=CC1CC=CCC1)c1ccc(CN2c3cccc4cccc(c34)S2(=O)=O)cc1. The standard InChI is InChI=1S/C25H23N3O3S/c29-25(27-26-16-18-6-2-1-3-7-18)21-14-12-19(13-15-21)17-28-22-10-4-8-20-9-5-11-23(24(20)22)32(28,30)31/h1-2,4-5,8-16,18H,3,6-7,17H2,(H,27,29). The molecule has 6 nitrogen and oxygen atoms in total. The van der Waals surface area contributed by atoms with Crippen molar-refractivity contribution in [1.82, 2.24) is 5.43 Å². The molecule has 1 aliphatic heterocycles. The van der Waals surface area contributed by atoms with Crippen LogP contribution in [0.4, 0.5) is 5.69 Å². The van der Waals surface area contributed by atoms with Gasteiger partial charge in [0.1, 0.15) is 0 Å². The summed E-state index contributed by atoms with van der Waals surface area (Å²) in [6.07, 6.45) is 9.13. The third-order valence-corrected chi connectivity index (χ3v) is 7.79. The van der Waals surface area contributed by atoms with Crippen LogP contribution in [0.15, 0.2) is 82.8 Å². The van der Waals surface area contributed by atoms with Gasteiger partial charge in [-0.1, -0.05) is 48.6 Å². The van der Waals surface area contributed by atoms with Gasteiger partial charge in [0.15, 0.2) is 0 Å². The van der Waals surface area contributed by atoms with Crippen molar-refractivity contribution in [2.24, 2.45) is 11.0 Å². The first-order chi connectivity index (χ1) is 15.5. The van der Waals surface area contributed by atoms with E-state index in [0.29, 0.717) is 22.1 Å². The highest BCUT2D eigenvalue weighted by Gasteiger charge is 2.35. The molecule has 1 heterocycles. The molecule has 3 aromatic carbocycles. The molecule has 1 unspecified atom stereocenters. The van der Waals surface area contributed by atoms with E-state index in [9.17, 15) is 13.2 Å². The van der Waals surface area contributed by atoms with Gasteiger partial charge in [-0.2, -0.15) is 5.10 Å². The first-order valence-electron chi connectivity index (χ1n) is 10.7. The van der Waals surface area contributed by atoms with Gasteiger partial charge in [0.2, 0.25) is 0 Å². The smallest absolute Gasteiger partial charge is 0.267 e. The first-order valence-corrected chi connectivity index (χ1v) is 12.1. The quantitative estimate of drug-likeness (QED) is 0.354. The predicted molar refractivity (Wildman–Crippen MR) is 126 cm³/mol. The number of hydrogen-bond acceptors (Lipinski definition) is 4. The summed E-state index contributed by atoms with van der Waals surface area (Å²) in [6.45, 7) is 0.200. The van der Waals surface area contributed by atoms with Gasteiger partial charge in [0, 0.05) is 17.2 Å². The second-order valence-corrected chi connectivity index (χ2v) is 9.93. The molecule has 1 atom stereocenters. The number of hydrogen-bond donors (Lipinski definition) is 1. The Bertz CT molecular complexity index is 1340. The molecule has 0 aromatic heterocycles. The predicted octanol–water partition coefficient (Wildman–Crippen LogP) is 4.62. The third-order valence-electron chi connectivity index (χ3n) is 5.98. The summed E-state index contributed by atoms with van der Waals surface area (Å²) in [6, 6.07) is 17.9. The number of carbonyl (C=O) groups is 1. The number of allylic oxidation sites excluding steroid dienone is 2. The molecule has 0 fully saturated rings. The molecular weight excluding hydrogens is 422 g/mol. The van der Waals surface area contributed by atoms with Gasteiger partial charge in [-0.25, -0.2) is 13.8 Å². The lowest BCUT2D eigenvalue weighted by Gasteiger charge is -2.19. The lowest BCUT2D eigenvalue weighted by molar-refractivity contribution is 0.0955. The monoisotopic (exact) mass is 445 g/mol. The molecule has 0 saturated heterocycles. The zero-order chi connectivity index (χ0) is 22.1. The minimum atomic E-state index is -3.62. The second-order valence-electron chi connectivity index (χ2n) is 8.10. The summed E-state index contributed by atoms with van der Waals surface area (Å²) >= 11 is 0. The molecule has 1 N–H and O–H groups in total. The van der Waals surface area contributed by atoms with Gasteiger partial charge in [0.05, 0.1) is 17.1 Å². The van der Waals surface area contributed by atoms with Crippen molar-refractivity contribution in [3.8, 4) is 0 Å². The zero-order valence-electron chi connectivity index (χ0n) is 17.4. The van der Waals surface area contributed by atoms with E-state index in [0.717, 1.165) is 35.6 Å². The number of hydrazone groups is 1. The average molecular weight is 446 g/mol. The molecule has 0 radical (unpaired) electrons. The molecule has 0 bridgehead atoms. The Morgan fingerprint density at radius 1 is 1.06 bits per heavy atom. The number of anilines is 1. The number of benzene rings is 3. The largest absolute Gasteiger partial charge is 0.271 e. The Morgan fingerprint density at radius 2 is 1.84 bits per heavy atom. The van der Waals surface area contributed by atoms with Crippen LogP contribution in [0.5, 0.6) is 0 Å². The summed E-state index contributed by atoms with van der Waals surface area (Å²) in [5, 5.41) is 5.76. The molecule has 7 heteroatoms. The minimum absolute atomic E-state index is 0.200. The molecule has 1 amide bonds. The highest BCUT2D eigenvalue weighted by molar-refractivity contribution is 7.93. The van der Waals surface area contributed by atoms with E-state index in [4.69, 9.17) is 0 Å². The molecular formula is C25H23N3O3S. The topological polar surface area (TPSA) is 78.8 Å². The van der Waals surface area contributed by atoms with Crippen molar-refractivity contribution in [1.29, 1.82) is 0 Å². The van der Waals surface area contributed by atoms with Gasteiger partial charge in [-0.05, 0) is 60.4 Å². The van der Waals surface area contributed by atoms with Crippen LogP contribution < -0.4 is 9.73 Å². The maximum Gasteiger partial charge on any atom is 0.271 e. The summed E-state index contributed by atoms with van der Waals surface area (Å²) in [4.78, 5) is 12.7. The minimum Gasteiger partial charge on any atom is -0.267 e. The van der Waals surface area contributed by atoms with Crippen LogP contribution >= 0.6 is 0 Å². The van der Waals surface area contributed by atoms with E-state index in [1.807, 2.05) is 24.3 Å². The van der Waals surface area contributed by atoms with Crippen LogP contribution in [-0.2, 0) is 16.6 Å². The van der Waals surface area contributed by atoms with Gasteiger partial charge in [-0.15, -0.1) is 0 Å². The first kappa shape index (κ1) is 20.5. The van der Waals surface area contributed by atoms with Crippen molar-refractivity contribution in [3.63, 3.8) is 0 Å². The van der Waals surface area contributed by atoms with E-state index in [1.165, 1.54) is 4.31 Å². The Balaban J connectivity index is 1.30. The molecule has 3 aromatic rings. The molecule has 2 aliphatic rings. The molecule has 1 aliphatic carbocycles. The summed E-state index contributed by atoms with van der Waals surface area (Å²) < 4.78 is 27.7. The van der Waals surface area contributed by atoms with Crippen molar-refractivity contribution < 1.29 is 13.2 Å². The van der Waals surface area contributed by atoms with Crippen molar-refractivity contribution in [2.45, 2.75) is 30.7 Å². The van der Waals surface area contributed by atoms with Crippen LogP contribution in [0.2, 0.25) is 0 Å². The van der Waals surface area contributed by atoms with Crippen LogP contribution in [0, 0.1) is 5.92 Å². The number of rotatable bonds is 5. The third kappa shape index (κ3) is 3.69. The van der Waals surface area contributed by atoms with Gasteiger partial charge in [-0.3, -0.25) is 9.10 Å². The fraction of sp³-hybridized carbons (Fsp3) is 0.200. The summed E-state index contributed by atoms with van der Waals surface area (Å²) in [7, 11) is -3.62. The molecule has 5 rings (SSSR count). The lowest BCUT2D eigenvalue weighted by atomic mass is 9.96. The van der Waals surface area contributed by atoms with Crippen molar-refractivity contribution in [3.05, 3.63) is 83.9 Å². The Morgan fingerprint density at radius 3 is 2.59 bits per heavy atom. The Labute approximate surface area is 187 Å². The number of carbonyl (C=O) groups excluding carboxylic acids is 1. The number of nitrogens with one attached hydrogen (secondary N) is 1. The Kier molecular flexibility index (Phi) is 5.27. The lowest BCUT2D eigenvalue weighted by Crippen LogP contribution is -2.26. The maximum absolute atomic E-state index is 13.1. The molecule has 0 saturated carbocycles. The fourth-order valence-corrected chi connectivity index (χ4v) is 5.97. The van der Waals surface area contributed by atoms with E-state index < -0.39 is 10.0 Å². The van der Waals surface area contributed by atoms with Crippen molar-refractivity contribution in [2.75, 3.05) is 4.31 Å². The van der Waals surface area contributed by atoms with E-state index >= 15 is 0 Å². The van der Waals surface area contributed by atoms with E-state index in [1.54, 1.807) is 42.6 Å². The van der Waals surface area contributed by atoms with Crippen molar-refractivity contribution >= 4 is 38.6 Å². The zero-order valence-corrected chi connectivity index (χ0v) is 18.3. The molecule has 0 spiro atoms. The Hall–Kier alpha value is -3.45. The molecule has 162 valence electrons. The van der Waals surface area contributed by atoms with Gasteiger partial charge < -0.3 is 0 Å². The average Bonchev–Trinajstić information content (AvgIpc) is 3.03. The van der Waals surface area contributed by atoms with Crippen LogP contribution in [-0.4, -0.2) is 20.5 Å². The number of amides is 1. The van der Waals surface area contributed by atoms with E-state index in [-0.39, 0.29) is 12.5 Å². The maximum atomic E-state index is 13.1. The van der Waals surface area contributed by atoms with Crippen LogP contribution in [0.1, 0.15) is 35.2 Å². The highest BCUT2D eigenvalue weighted by atomic mass is 32.2. The highest BCUT2D eigenvalue weighted by Crippen LogP contribution is 2.42. The summed E-state index contributed by atoms with van der Waals surface area (Å²) in [5.74, 6) is 0.0729. The van der Waals surface area contributed by atoms with Crippen LogP contribution in [0.25, 0.3) is 10.8 Å². The van der Waals surface area contributed by atoms with Gasteiger partial charge >= 0.3 is 0 Å². The fourth-order valence-electron chi connectivity index (χ4n) is 4.27. The second kappa shape index (κ2) is 8.24. The number of sulfonamides is 1. The summed E-state index contributed by atoms with van der Waals surface area (Å²) in [5.41, 5.74) is 4.54. The normalized spacial score (nSPS) is 19.0. The van der Waals surface area contributed by atoms with E-state index in [2.05, 4.69) is 22.7 Å². The van der Waals surface area contributed by atoms with Crippen LogP contribution in [0.3, 0.4) is 0 Å². The van der Waals surface area contributed by atoms with Gasteiger partial charge in [0.25, 0.3) is 15.9 Å².